The van der Waals surface area contributed by atoms with Crippen molar-refractivity contribution in [3.63, 3.8) is 0 Å². The van der Waals surface area contributed by atoms with Gasteiger partial charge in [0.15, 0.2) is 0 Å². The maximum atomic E-state index is 9.92. The maximum Gasteiger partial charge on any atom is 0.233 e. The Balaban J connectivity index is 3.37. The highest BCUT2D eigenvalue weighted by Gasteiger charge is 2.27. The van der Waals surface area contributed by atoms with Crippen LogP contribution in [0.4, 0.5) is 0 Å². The van der Waals surface area contributed by atoms with Crippen molar-refractivity contribution < 1.29 is 5.11 Å². The molecule has 1 rings (SSSR count). The summed E-state index contributed by atoms with van der Waals surface area (Å²) in [6.45, 7) is 12.8. The van der Waals surface area contributed by atoms with E-state index in [-0.39, 0.29) is 17.3 Å². The van der Waals surface area contributed by atoms with Gasteiger partial charge in [-0.15, -0.1) is 5.10 Å². The molecule has 0 atom stereocenters. The van der Waals surface area contributed by atoms with Crippen LogP contribution in [-0.4, -0.2) is 14.9 Å². The van der Waals surface area contributed by atoms with E-state index in [9.17, 15) is 5.11 Å². The Morgan fingerprint density at radius 1 is 1.31 bits per heavy atom. The van der Waals surface area contributed by atoms with E-state index >= 15 is 0 Å². The third-order valence-corrected chi connectivity index (χ3v) is 2.69. The highest BCUT2D eigenvalue weighted by atomic mass is 16.3. The molecule has 16 heavy (non-hydrogen) atoms. The summed E-state index contributed by atoms with van der Waals surface area (Å²) in [6.07, 6.45) is 1.92. The lowest BCUT2D eigenvalue weighted by Gasteiger charge is -2.24. The van der Waals surface area contributed by atoms with Crippen LogP contribution in [0, 0.1) is 0 Å². The molecule has 0 aromatic carbocycles. The highest BCUT2D eigenvalue weighted by Crippen LogP contribution is 2.33. The Kier molecular flexibility index (Phi) is 3.66. The summed E-state index contributed by atoms with van der Waals surface area (Å²) in [4.78, 5) is 0. The molecule has 92 valence electrons. The molecule has 0 spiro atoms. The minimum atomic E-state index is 0.0166. The molecule has 1 N–H and O–H groups in total. The average molecular weight is 224 g/mol. The summed E-state index contributed by atoms with van der Waals surface area (Å²) < 4.78 is 1.96. The first-order valence-corrected chi connectivity index (χ1v) is 6.09. The smallest absolute Gasteiger partial charge is 0.233 e. The molecule has 0 fully saturated rings. The van der Waals surface area contributed by atoms with Crippen molar-refractivity contribution in [3.8, 4) is 5.88 Å². The number of hydrogen-bond donors (Lipinski definition) is 1. The minimum Gasteiger partial charge on any atom is -0.492 e. The number of nitrogens with zero attached hydrogens (tertiary/aromatic N) is 2. The van der Waals surface area contributed by atoms with Gasteiger partial charge in [-0.1, -0.05) is 34.1 Å². The van der Waals surface area contributed by atoms with E-state index in [1.54, 1.807) is 0 Å². The lowest BCUT2D eigenvalue weighted by atomic mass is 9.87. The number of rotatable bonds is 3. The largest absolute Gasteiger partial charge is 0.492 e. The van der Waals surface area contributed by atoms with E-state index in [0.29, 0.717) is 0 Å². The van der Waals surface area contributed by atoms with Gasteiger partial charge in [0.25, 0.3) is 0 Å². The van der Waals surface area contributed by atoms with Crippen LogP contribution in [0.2, 0.25) is 0 Å². The Morgan fingerprint density at radius 3 is 2.25 bits per heavy atom. The fraction of sp³-hybridized carbons (Fsp3) is 0.769. The molecule has 3 nitrogen and oxygen atoms in total. The van der Waals surface area contributed by atoms with Crippen molar-refractivity contribution in [2.75, 3.05) is 0 Å². The van der Waals surface area contributed by atoms with Gasteiger partial charge < -0.3 is 5.11 Å². The van der Waals surface area contributed by atoms with Crippen molar-refractivity contribution in [1.82, 2.24) is 9.78 Å². The summed E-state index contributed by atoms with van der Waals surface area (Å²) in [7, 11) is 0. The second-order valence-electron chi connectivity index (χ2n) is 5.69. The van der Waals surface area contributed by atoms with Crippen molar-refractivity contribution >= 4 is 0 Å². The van der Waals surface area contributed by atoms with Crippen LogP contribution in [0.5, 0.6) is 5.88 Å². The predicted molar refractivity (Wildman–Crippen MR) is 67.0 cm³/mol. The number of aromatic hydroxyl groups is 1. The third kappa shape index (κ3) is 2.39. The second-order valence-corrected chi connectivity index (χ2v) is 5.69. The zero-order chi connectivity index (χ0) is 12.5. The van der Waals surface area contributed by atoms with Crippen LogP contribution in [0.1, 0.15) is 65.3 Å². The summed E-state index contributed by atoms with van der Waals surface area (Å²) in [6, 6.07) is 0.283. The average Bonchev–Trinajstić information content (AvgIpc) is 2.44. The molecule has 0 saturated carbocycles. The molecule has 1 aromatic heterocycles. The Morgan fingerprint density at radius 2 is 1.88 bits per heavy atom. The van der Waals surface area contributed by atoms with Gasteiger partial charge in [0.1, 0.15) is 0 Å². The zero-order valence-corrected chi connectivity index (χ0v) is 11.3. The quantitative estimate of drug-likeness (QED) is 0.854. The Labute approximate surface area is 98.5 Å². The lowest BCUT2D eigenvalue weighted by molar-refractivity contribution is 0.410. The molecule has 1 heterocycles. The van der Waals surface area contributed by atoms with Gasteiger partial charge in [-0.25, -0.2) is 0 Å². The minimum absolute atomic E-state index is 0.0166. The van der Waals surface area contributed by atoms with Crippen LogP contribution in [0.15, 0.2) is 0 Å². The normalized spacial score (nSPS) is 12.4. The standard InChI is InChI=1S/C13H24N2O/c1-7-8-10-11(13(4,5)6)15(9(2)3)14-12(10)16/h9H,7-8H2,1-6H3,(H,14,16). The molecule has 0 amide bonds. The molecule has 3 heteroatoms. The third-order valence-electron chi connectivity index (χ3n) is 2.69. The van der Waals surface area contributed by atoms with E-state index in [4.69, 9.17) is 0 Å². The summed E-state index contributed by atoms with van der Waals surface area (Å²) in [5.41, 5.74) is 2.20. The fourth-order valence-corrected chi connectivity index (χ4v) is 2.11. The van der Waals surface area contributed by atoms with Crippen LogP contribution >= 0.6 is 0 Å². The van der Waals surface area contributed by atoms with Gasteiger partial charge in [0, 0.05) is 17.0 Å². The van der Waals surface area contributed by atoms with Crippen LogP contribution in [-0.2, 0) is 11.8 Å². The maximum absolute atomic E-state index is 9.92. The fourth-order valence-electron chi connectivity index (χ4n) is 2.11. The monoisotopic (exact) mass is 224 g/mol. The van der Waals surface area contributed by atoms with E-state index in [2.05, 4.69) is 46.6 Å². The SMILES string of the molecule is CCCc1c(O)nn(C(C)C)c1C(C)(C)C. The molecule has 0 radical (unpaired) electrons. The summed E-state index contributed by atoms with van der Waals surface area (Å²) in [5, 5.41) is 14.2. The second kappa shape index (κ2) is 4.48. The molecule has 0 unspecified atom stereocenters. The van der Waals surface area contributed by atoms with E-state index < -0.39 is 0 Å². The van der Waals surface area contributed by atoms with Gasteiger partial charge in [-0.05, 0) is 20.3 Å². The first kappa shape index (κ1) is 13.1. The first-order valence-electron chi connectivity index (χ1n) is 6.09. The lowest BCUT2D eigenvalue weighted by Crippen LogP contribution is -2.21. The highest BCUT2D eigenvalue weighted by molar-refractivity contribution is 5.35. The van der Waals surface area contributed by atoms with Crippen molar-refractivity contribution in [2.24, 2.45) is 0 Å². The van der Waals surface area contributed by atoms with Crippen molar-refractivity contribution in [3.05, 3.63) is 11.3 Å². The van der Waals surface area contributed by atoms with Gasteiger partial charge in [-0.2, -0.15) is 0 Å². The molecule has 0 aliphatic carbocycles. The van der Waals surface area contributed by atoms with Gasteiger partial charge in [-0.3, -0.25) is 4.68 Å². The number of hydrogen-bond acceptors (Lipinski definition) is 2. The van der Waals surface area contributed by atoms with Gasteiger partial charge in [0.2, 0.25) is 5.88 Å². The molecule has 0 bridgehead atoms. The van der Waals surface area contributed by atoms with E-state index in [0.717, 1.165) is 18.4 Å². The summed E-state index contributed by atoms with van der Waals surface area (Å²) >= 11 is 0. The Bertz CT molecular complexity index is 359. The molecular weight excluding hydrogens is 200 g/mol. The summed E-state index contributed by atoms with van der Waals surface area (Å²) in [5.74, 6) is 0.209. The first-order chi connectivity index (χ1) is 7.29. The zero-order valence-electron chi connectivity index (χ0n) is 11.3. The van der Waals surface area contributed by atoms with Crippen LogP contribution in [0.3, 0.4) is 0 Å². The molecular formula is C13H24N2O. The molecule has 0 aliphatic heterocycles. The van der Waals surface area contributed by atoms with Gasteiger partial charge in [0.05, 0.1) is 5.69 Å². The molecule has 0 saturated heterocycles. The van der Waals surface area contributed by atoms with Gasteiger partial charge >= 0.3 is 0 Å². The Hall–Kier alpha value is -0.990. The van der Waals surface area contributed by atoms with Crippen LogP contribution in [0.25, 0.3) is 0 Å². The molecule has 0 aliphatic rings. The predicted octanol–water partition coefficient (Wildman–Crippen LogP) is 3.42. The van der Waals surface area contributed by atoms with E-state index in [1.807, 2.05) is 4.68 Å². The molecule has 1 aromatic rings. The van der Waals surface area contributed by atoms with E-state index in [1.165, 1.54) is 5.69 Å². The topological polar surface area (TPSA) is 38.1 Å². The van der Waals surface area contributed by atoms with Crippen molar-refractivity contribution in [2.45, 2.75) is 65.8 Å². The van der Waals surface area contributed by atoms with Crippen molar-refractivity contribution in [1.29, 1.82) is 0 Å². The number of aromatic nitrogens is 2. The van der Waals surface area contributed by atoms with Crippen LogP contribution < -0.4 is 0 Å².